The van der Waals surface area contributed by atoms with Gasteiger partial charge in [-0.05, 0) is 38.0 Å². The lowest BCUT2D eigenvalue weighted by Gasteiger charge is -2.13. The third kappa shape index (κ3) is 4.30. The number of aromatic amines is 1. The lowest BCUT2D eigenvalue weighted by atomic mass is 9.91. The molecule has 0 atom stereocenters. The van der Waals surface area contributed by atoms with Crippen LogP contribution in [0.1, 0.15) is 30.9 Å². The van der Waals surface area contributed by atoms with E-state index in [1.54, 1.807) is 13.1 Å². The molecule has 3 nitrogen and oxygen atoms in total. The van der Waals surface area contributed by atoms with Crippen molar-refractivity contribution in [1.29, 1.82) is 0 Å². The number of aryl methyl sites for hydroxylation is 2. The Kier molecular flexibility index (Phi) is 5.21. The highest BCUT2D eigenvalue weighted by Crippen LogP contribution is 2.24. The Hall–Kier alpha value is -2.83. The maximum atomic E-state index is 12.5. The molecule has 0 radical (unpaired) electrons. The van der Waals surface area contributed by atoms with Crippen LogP contribution < -0.4 is 5.43 Å². The highest BCUT2D eigenvalue weighted by molar-refractivity contribution is 6.31. The smallest absolute Gasteiger partial charge is 0.208 e. The molecule has 2 heterocycles. The van der Waals surface area contributed by atoms with E-state index in [9.17, 15) is 4.79 Å². The van der Waals surface area contributed by atoms with Crippen molar-refractivity contribution in [2.75, 3.05) is 0 Å². The van der Waals surface area contributed by atoms with Crippen molar-refractivity contribution in [2.24, 2.45) is 5.41 Å². The number of halogens is 1. The molecular formula is C23H21ClN2O. The number of hydrogen-bond acceptors (Lipinski definition) is 2. The number of aromatic nitrogens is 2. The van der Waals surface area contributed by atoms with Gasteiger partial charge in [0.2, 0.25) is 5.43 Å². The van der Waals surface area contributed by atoms with Crippen molar-refractivity contribution >= 4 is 11.6 Å². The Bertz CT molecular complexity index is 1090. The summed E-state index contributed by atoms with van der Waals surface area (Å²) in [6, 6.07) is 3.67. The van der Waals surface area contributed by atoms with Gasteiger partial charge in [0.25, 0.3) is 0 Å². The quantitative estimate of drug-likeness (QED) is 0.700. The lowest BCUT2D eigenvalue weighted by molar-refractivity contribution is 0.625. The van der Waals surface area contributed by atoms with Crippen molar-refractivity contribution in [3.63, 3.8) is 0 Å². The predicted molar refractivity (Wildman–Crippen MR) is 112 cm³/mol. The van der Waals surface area contributed by atoms with Gasteiger partial charge in [-0.25, -0.2) is 4.98 Å². The van der Waals surface area contributed by atoms with E-state index in [2.05, 4.69) is 47.8 Å². The zero-order valence-electron chi connectivity index (χ0n) is 15.9. The summed E-state index contributed by atoms with van der Waals surface area (Å²) in [5, 5.41) is 0.211. The van der Waals surface area contributed by atoms with Crippen LogP contribution in [0, 0.1) is 31.1 Å². The first-order valence-corrected chi connectivity index (χ1v) is 9.11. The predicted octanol–water partition coefficient (Wildman–Crippen LogP) is 5.14. The van der Waals surface area contributed by atoms with Crippen LogP contribution in [0.15, 0.2) is 59.1 Å². The summed E-state index contributed by atoms with van der Waals surface area (Å²) in [5.74, 6) is 6.25. The fraction of sp³-hybridized carbons (Fsp3) is 0.217. The Balaban J connectivity index is 1.92. The third-order valence-corrected chi connectivity index (χ3v) is 4.79. The minimum Gasteiger partial charge on any atom is -0.361 e. The Labute approximate surface area is 164 Å². The fourth-order valence-corrected chi connectivity index (χ4v) is 3.13. The topological polar surface area (TPSA) is 45.8 Å². The van der Waals surface area contributed by atoms with Gasteiger partial charge in [-0.2, -0.15) is 0 Å². The fourth-order valence-electron chi connectivity index (χ4n) is 2.99. The average Bonchev–Trinajstić information content (AvgIpc) is 2.79. The standard InChI is InChI=1S/C23H21ClN2O/c1-15-20(22(27)21(24)16(2)26-15)18-9-11-19(25-14-18)10-8-17-7-5-6-12-23(3,4)13-17/h5-7,9,11-14H,1-4H3,(H,26,27). The second-order valence-corrected chi connectivity index (χ2v) is 7.59. The summed E-state index contributed by atoms with van der Waals surface area (Å²) < 4.78 is 0. The summed E-state index contributed by atoms with van der Waals surface area (Å²) in [7, 11) is 0. The summed E-state index contributed by atoms with van der Waals surface area (Å²) in [4.78, 5) is 20.0. The molecule has 1 N–H and O–H groups in total. The number of nitrogens with one attached hydrogen (secondary N) is 1. The van der Waals surface area contributed by atoms with Crippen LogP contribution in [0.4, 0.5) is 0 Å². The second-order valence-electron chi connectivity index (χ2n) is 7.21. The maximum absolute atomic E-state index is 12.5. The van der Waals surface area contributed by atoms with Crippen LogP contribution in [-0.4, -0.2) is 9.97 Å². The minimum atomic E-state index is -0.186. The van der Waals surface area contributed by atoms with Crippen LogP contribution in [0.5, 0.6) is 0 Å². The van der Waals surface area contributed by atoms with E-state index in [1.165, 1.54) is 0 Å². The molecule has 0 spiro atoms. The van der Waals surface area contributed by atoms with Gasteiger partial charge in [0, 0.05) is 34.1 Å². The SMILES string of the molecule is Cc1[nH]c(C)c(-c2ccc(C#CC3=CC(C)(C)C=CC=C3)nc2)c(=O)c1Cl. The maximum Gasteiger partial charge on any atom is 0.208 e. The van der Waals surface area contributed by atoms with Gasteiger partial charge in [0.15, 0.2) is 0 Å². The van der Waals surface area contributed by atoms with Gasteiger partial charge in [0.05, 0.1) is 5.56 Å². The number of H-pyrrole nitrogens is 1. The first-order chi connectivity index (χ1) is 12.8. The van der Waals surface area contributed by atoms with E-state index in [4.69, 9.17) is 11.6 Å². The average molecular weight is 377 g/mol. The number of allylic oxidation sites excluding steroid dienone is 6. The lowest BCUT2D eigenvalue weighted by Crippen LogP contribution is -2.11. The molecule has 1 aliphatic rings. The molecule has 0 fully saturated rings. The zero-order chi connectivity index (χ0) is 19.6. The highest BCUT2D eigenvalue weighted by atomic mass is 35.5. The van der Waals surface area contributed by atoms with Gasteiger partial charge in [0.1, 0.15) is 10.7 Å². The summed E-state index contributed by atoms with van der Waals surface area (Å²) in [5.41, 5.74) is 4.08. The molecule has 0 aromatic carbocycles. The molecule has 136 valence electrons. The summed E-state index contributed by atoms with van der Waals surface area (Å²) in [6.07, 6.45) is 11.9. The Morgan fingerprint density at radius 1 is 1.11 bits per heavy atom. The number of pyridine rings is 2. The molecule has 4 heteroatoms. The third-order valence-electron chi connectivity index (χ3n) is 4.33. The van der Waals surface area contributed by atoms with Gasteiger partial charge in [-0.3, -0.25) is 4.79 Å². The first kappa shape index (κ1) is 18.9. The van der Waals surface area contributed by atoms with Crippen molar-refractivity contribution in [1.82, 2.24) is 9.97 Å². The number of nitrogens with zero attached hydrogens (tertiary/aromatic N) is 1. The van der Waals surface area contributed by atoms with Crippen molar-refractivity contribution < 1.29 is 0 Å². The molecule has 3 rings (SSSR count). The highest BCUT2D eigenvalue weighted by Gasteiger charge is 2.13. The van der Waals surface area contributed by atoms with E-state index in [-0.39, 0.29) is 15.9 Å². The second kappa shape index (κ2) is 7.42. The van der Waals surface area contributed by atoms with Crippen LogP contribution in [-0.2, 0) is 0 Å². The van der Waals surface area contributed by atoms with Crippen molar-refractivity contribution in [2.45, 2.75) is 27.7 Å². The molecule has 2 aromatic heterocycles. The molecule has 0 saturated carbocycles. The molecule has 0 amide bonds. The molecule has 27 heavy (non-hydrogen) atoms. The zero-order valence-corrected chi connectivity index (χ0v) is 16.6. The molecule has 0 saturated heterocycles. The molecular weight excluding hydrogens is 356 g/mol. The first-order valence-electron chi connectivity index (χ1n) is 8.73. The Morgan fingerprint density at radius 2 is 1.89 bits per heavy atom. The van der Waals surface area contributed by atoms with Gasteiger partial charge < -0.3 is 4.98 Å². The van der Waals surface area contributed by atoms with Gasteiger partial charge >= 0.3 is 0 Å². The van der Waals surface area contributed by atoms with E-state index in [0.717, 1.165) is 16.8 Å². The van der Waals surface area contributed by atoms with Gasteiger partial charge in [-0.1, -0.05) is 55.7 Å². The molecule has 1 aliphatic carbocycles. The van der Waals surface area contributed by atoms with Crippen LogP contribution in [0.25, 0.3) is 11.1 Å². The summed E-state index contributed by atoms with van der Waals surface area (Å²) in [6.45, 7) is 7.91. The van der Waals surface area contributed by atoms with E-state index in [0.29, 0.717) is 17.0 Å². The minimum absolute atomic E-state index is 0.0337. The molecule has 0 bridgehead atoms. The van der Waals surface area contributed by atoms with Crippen molar-refractivity contribution in [3.05, 3.63) is 86.6 Å². The van der Waals surface area contributed by atoms with Crippen LogP contribution in [0.2, 0.25) is 5.02 Å². The van der Waals surface area contributed by atoms with E-state index < -0.39 is 0 Å². The normalized spacial score (nSPS) is 14.9. The number of rotatable bonds is 1. The molecule has 0 aliphatic heterocycles. The van der Waals surface area contributed by atoms with Crippen LogP contribution in [0.3, 0.4) is 0 Å². The molecule has 0 unspecified atom stereocenters. The van der Waals surface area contributed by atoms with E-state index >= 15 is 0 Å². The van der Waals surface area contributed by atoms with Crippen molar-refractivity contribution in [3.8, 4) is 23.0 Å². The largest absolute Gasteiger partial charge is 0.361 e. The molecule has 2 aromatic rings. The van der Waals surface area contributed by atoms with Gasteiger partial charge in [-0.15, -0.1) is 0 Å². The number of hydrogen-bond donors (Lipinski definition) is 1. The van der Waals surface area contributed by atoms with Crippen LogP contribution >= 0.6 is 11.6 Å². The van der Waals surface area contributed by atoms with E-state index in [1.807, 2.05) is 37.3 Å². The summed E-state index contributed by atoms with van der Waals surface area (Å²) >= 11 is 6.10. The Morgan fingerprint density at radius 3 is 2.59 bits per heavy atom. The monoisotopic (exact) mass is 376 g/mol.